The van der Waals surface area contributed by atoms with Gasteiger partial charge in [-0.15, -0.1) is 0 Å². The minimum atomic E-state index is -0.199. The molecule has 0 spiro atoms. The van der Waals surface area contributed by atoms with Crippen molar-refractivity contribution in [1.29, 1.82) is 0 Å². The molecule has 5 nitrogen and oxygen atoms in total. The van der Waals surface area contributed by atoms with Gasteiger partial charge in [-0.05, 0) is 68.6 Å². The van der Waals surface area contributed by atoms with Crippen molar-refractivity contribution >= 4 is 23.0 Å². The molecule has 7 heteroatoms. The zero-order valence-electron chi connectivity index (χ0n) is 19.7. The maximum Gasteiger partial charge on any atom is 0.173 e. The van der Waals surface area contributed by atoms with Gasteiger partial charge in [0.05, 0.1) is 13.2 Å². The van der Waals surface area contributed by atoms with Crippen molar-refractivity contribution in [2.45, 2.75) is 45.3 Å². The van der Waals surface area contributed by atoms with E-state index in [1.54, 1.807) is 0 Å². The Morgan fingerprint density at radius 2 is 1.91 bits per heavy atom. The number of anilines is 1. The maximum absolute atomic E-state index is 12.9. The molecule has 0 amide bonds. The molecule has 2 aromatic carbocycles. The van der Waals surface area contributed by atoms with Crippen molar-refractivity contribution in [2.24, 2.45) is 0 Å². The van der Waals surface area contributed by atoms with Crippen LogP contribution in [0.3, 0.4) is 0 Å². The van der Waals surface area contributed by atoms with E-state index in [0.717, 1.165) is 74.3 Å². The van der Waals surface area contributed by atoms with E-state index in [4.69, 9.17) is 17.0 Å². The monoisotopic (exact) mass is 473 g/mol. The second-order valence-electron chi connectivity index (χ2n) is 8.77. The Labute approximate surface area is 202 Å². The lowest BCUT2D eigenvalue weighted by atomic mass is 10.0. The van der Waals surface area contributed by atoms with Gasteiger partial charge in [0.15, 0.2) is 5.11 Å². The van der Waals surface area contributed by atoms with Crippen LogP contribution >= 0.6 is 12.2 Å². The first kappa shape index (κ1) is 25.6. The highest BCUT2D eigenvalue weighted by Gasteiger charge is 2.24. The summed E-state index contributed by atoms with van der Waals surface area (Å²) in [5.41, 5.74) is 3.96. The van der Waals surface area contributed by atoms with E-state index >= 15 is 0 Å². The average Bonchev–Trinajstić information content (AvgIpc) is 2.83. The van der Waals surface area contributed by atoms with E-state index in [1.165, 1.54) is 12.1 Å². The molecule has 0 atom stereocenters. The van der Waals surface area contributed by atoms with Crippen LogP contribution in [-0.4, -0.2) is 66.0 Å². The van der Waals surface area contributed by atoms with Gasteiger partial charge in [0.25, 0.3) is 0 Å². The first-order valence-electron chi connectivity index (χ1n) is 11.7. The lowest BCUT2D eigenvalue weighted by molar-refractivity contribution is 0.111. The number of hydrogen-bond donors (Lipinski definition) is 2. The van der Waals surface area contributed by atoms with E-state index in [9.17, 15) is 9.50 Å². The third kappa shape index (κ3) is 8.03. The Balaban J connectivity index is 1.31. The Bertz CT molecular complexity index is 886. The van der Waals surface area contributed by atoms with Gasteiger partial charge in [-0.1, -0.05) is 29.8 Å². The molecule has 1 aliphatic rings. The number of halogens is 1. The van der Waals surface area contributed by atoms with E-state index in [-0.39, 0.29) is 12.4 Å². The van der Waals surface area contributed by atoms with Crippen LogP contribution in [-0.2, 0) is 17.8 Å². The molecule has 0 saturated carbocycles. The third-order valence-electron chi connectivity index (χ3n) is 6.31. The van der Waals surface area contributed by atoms with E-state index < -0.39 is 0 Å². The molecular weight excluding hydrogens is 437 g/mol. The summed E-state index contributed by atoms with van der Waals surface area (Å²) in [5.74, 6) is -0.199. The quantitative estimate of drug-likeness (QED) is 0.395. The van der Waals surface area contributed by atoms with Crippen molar-refractivity contribution in [1.82, 2.24) is 9.80 Å². The summed E-state index contributed by atoms with van der Waals surface area (Å²) in [6, 6.07) is 13.0. The summed E-state index contributed by atoms with van der Waals surface area (Å²) in [6.45, 7) is 6.57. The molecule has 1 saturated heterocycles. The van der Waals surface area contributed by atoms with Crippen LogP contribution in [0.1, 0.15) is 36.0 Å². The molecule has 1 heterocycles. The first-order valence-corrected chi connectivity index (χ1v) is 12.2. The Hall–Kier alpha value is -2.06. The summed E-state index contributed by atoms with van der Waals surface area (Å²) in [6.07, 6.45) is 3.98. The predicted octanol–water partition coefficient (Wildman–Crippen LogP) is 4.37. The Kier molecular flexibility index (Phi) is 10.1. The maximum atomic E-state index is 12.9. The highest BCUT2D eigenvalue weighted by atomic mass is 32.1. The molecule has 0 aliphatic carbocycles. The van der Waals surface area contributed by atoms with Crippen LogP contribution in [0.15, 0.2) is 42.5 Å². The number of likely N-dealkylation sites (tertiary alicyclic amines) is 1. The molecule has 33 heavy (non-hydrogen) atoms. The first-order chi connectivity index (χ1) is 16.0. The molecule has 2 aromatic rings. The van der Waals surface area contributed by atoms with Crippen LogP contribution in [0.4, 0.5) is 10.1 Å². The normalized spacial score (nSPS) is 14.9. The molecule has 0 bridgehead atoms. The van der Waals surface area contributed by atoms with Crippen molar-refractivity contribution < 1.29 is 14.2 Å². The number of hydrogen-bond acceptors (Lipinski definition) is 4. The Morgan fingerprint density at radius 3 is 2.61 bits per heavy atom. The fourth-order valence-electron chi connectivity index (χ4n) is 4.21. The van der Waals surface area contributed by atoms with Gasteiger partial charge in [-0.3, -0.25) is 0 Å². The van der Waals surface area contributed by atoms with Crippen molar-refractivity contribution in [3.8, 4) is 0 Å². The molecule has 1 aliphatic heterocycles. The Morgan fingerprint density at radius 1 is 1.18 bits per heavy atom. The van der Waals surface area contributed by atoms with E-state index in [2.05, 4.69) is 22.2 Å². The second kappa shape index (κ2) is 13.0. The molecule has 2 N–H and O–H groups in total. The van der Waals surface area contributed by atoms with Crippen LogP contribution in [0.2, 0.25) is 0 Å². The number of piperidine rings is 1. The van der Waals surface area contributed by atoms with Gasteiger partial charge in [0, 0.05) is 50.6 Å². The topological polar surface area (TPSA) is 48.0 Å². The zero-order chi connectivity index (χ0) is 23.6. The van der Waals surface area contributed by atoms with Crippen LogP contribution in [0.5, 0.6) is 0 Å². The predicted molar refractivity (Wildman–Crippen MR) is 136 cm³/mol. The van der Waals surface area contributed by atoms with E-state index in [1.807, 2.05) is 37.3 Å². The minimum Gasteiger partial charge on any atom is -0.392 e. The summed E-state index contributed by atoms with van der Waals surface area (Å²) in [5, 5.41) is 13.6. The molecule has 180 valence electrons. The minimum absolute atomic E-state index is 0.00924. The number of nitrogens with zero attached hydrogens (tertiary/aromatic N) is 2. The van der Waals surface area contributed by atoms with E-state index in [0.29, 0.717) is 17.8 Å². The van der Waals surface area contributed by atoms with Crippen molar-refractivity contribution in [2.75, 3.05) is 45.2 Å². The molecular formula is C26H36FN3O2S. The van der Waals surface area contributed by atoms with Crippen LogP contribution in [0, 0.1) is 12.7 Å². The van der Waals surface area contributed by atoms with Crippen molar-refractivity contribution in [3.05, 3.63) is 65.0 Å². The van der Waals surface area contributed by atoms with Crippen LogP contribution in [0.25, 0.3) is 0 Å². The SMILES string of the molecule is Cc1ccc(NC(=S)N(C)C2CCN(CCCOCCc3ccc(F)cc3)CC2)c(CO)c1. The molecule has 1 fully saturated rings. The number of aliphatic hydroxyl groups is 1. The third-order valence-corrected chi connectivity index (χ3v) is 6.70. The number of rotatable bonds is 10. The average molecular weight is 474 g/mol. The molecule has 3 rings (SSSR count). The smallest absolute Gasteiger partial charge is 0.173 e. The van der Waals surface area contributed by atoms with Gasteiger partial charge >= 0.3 is 0 Å². The number of thiocarbonyl (C=S) groups is 1. The largest absolute Gasteiger partial charge is 0.392 e. The number of nitrogens with one attached hydrogen (secondary N) is 1. The fraction of sp³-hybridized carbons (Fsp3) is 0.500. The highest BCUT2D eigenvalue weighted by Crippen LogP contribution is 2.20. The highest BCUT2D eigenvalue weighted by molar-refractivity contribution is 7.80. The number of ether oxygens (including phenoxy) is 1. The molecule has 0 radical (unpaired) electrons. The summed E-state index contributed by atoms with van der Waals surface area (Å²) in [7, 11) is 2.05. The summed E-state index contributed by atoms with van der Waals surface area (Å²) < 4.78 is 18.7. The summed E-state index contributed by atoms with van der Waals surface area (Å²) in [4.78, 5) is 4.65. The van der Waals surface area contributed by atoms with Gasteiger partial charge < -0.3 is 25.0 Å². The van der Waals surface area contributed by atoms with Crippen LogP contribution < -0.4 is 5.32 Å². The number of aliphatic hydroxyl groups excluding tert-OH is 1. The number of benzene rings is 2. The van der Waals surface area contributed by atoms with Gasteiger partial charge in [0.1, 0.15) is 5.82 Å². The molecule has 0 aromatic heterocycles. The molecule has 0 unspecified atom stereocenters. The zero-order valence-corrected chi connectivity index (χ0v) is 20.5. The van der Waals surface area contributed by atoms with Gasteiger partial charge in [-0.25, -0.2) is 4.39 Å². The van der Waals surface area contributed by atoms with Gasteiger partial charge in [-0.2, -0.15) is 0 Å². The lowest BCUT2D eigenvalue weighted by Crippen LogP contribution is -2.47. The number of aryl methyl sites for hydroxylation is 1. The standard InChI is InChI=1S/C26H36FN3O2S/c1-20-4-9-25(22(18-20)19-31)28-26(33)29(2)24-10-14-30(15-11-24)13-3-16-32-17-12-21-5-7-23(27)8-6-21/h4-9,18,24,31H,3,10-17,19H2,1-2H3,(H,28,33). The van der Waals surface area contributed by atoms with Crippen molar-refractivity contribution in [3.63, 3.8) is 0 Å². The second-order valence-corrected chi connectivity index (χ2v) is 9.16. The lowest BCUT2D eigenvalue weighted by Gasteiger charge is -2.38. The summed E-state index contributed by atoms with van der Waals surface area (Å²) >= 11 is 5.65. The van der Waals surface area contributed by atoms with Gasteiger partial charge in [0.2, 0.25) is 0 Å². The fourth-order valence-corrected chi connectivity index (χ4v) is 4.47.